The van der Waals surface area contributed by atoms with Gasteiger partial charge in [0.05, 0.1) is 5.69 Å². The van der Waals surface area contributed by atoms with Crippen LogP contribution in [0.25, 0.3) is 76.9 Å². The first-order chi connectivity index (χ1) is 22.8. The third-order valence-corrected chi connectivity index (χ3v) is 9.28. The van der Waals surface area contributed by atoms with Crippen molar-refractivity contribution in [3.63, 3.8) is 0 Å². The van der Waals surface area contributed by atoms with Crippen LogP contribution in [0.15, 0.2) is 170 Å². The fourth-order valence-corrected chi connectivity index (χ4v) is 7.06. The molecule has 0 bridgehead atoms. The number of aromatic nitrogens is 2. The molecule has 0 aliphatic heterocycles. The fourth-order valence-electron chi connectivity index (χ4n) is 7.06. The molecule has 0 amide bonds. The summed E-state index contributed by atoms with van der Waals surface area (Å²) in [7, 11) is 0. The molecule has 0 atom stereocenters. The van der Waals surface area contributed by atoms with Gasteiger partial charge in [0.1, 0.15) is 0 Å². The van der Waals surface area contributed by atoms with Gasteiger partial charge in [-0.2, -0.15) is 0 Å². The van der Waals surface area contributed by atoms with Crippen LogP contribution in [0.2, 0.25) is 0 Å². The summed E-state index contributed by atoms with van der Waals surface area (Å²) in [5.74, 6) is 0. The average molecular weight is 587 g/mol. The summed E-state index contributed by atoms with van der Waals surface area (Å²) in [6.45, 7) is 0.789. The SMILES string of the molecule is c1ccc(-c2cc3ccccc3n2Cc2cccc(-c3ccc(-c4ccc5c6ccccc6c6ccccc6c5c4)nc3)c2)cc1. The topological polar surface area (TPSA) is 17.8 Å². The standard InChI is InChI=1S/C44H30N2/c1-2-12-31(13-3-1)44-27-34-14-4-9-20-43(34)46(44)29-30-11-10-15-32(25-30)35-22-24-42(45-28-35)33-21-23-40-38-18-6-5-16-36(38)37-17-7-8-19-39(37)41(40)26-33/h1-28H,29H2. The van der Waals surface area contributed by atoms with Crippen molar-refractivity contribution in [2.24, 2.45) is 0 Å². The van der Waals surface area contributed by atoms with E-state index < -0.39 is 0 Å². The van der Waals surface area contributed by atoms with Crippen molar-refractivity contribution in [2.45, 2.75) is 6.54 Å². The summed E-state index contributed by atoms with van der Waals surface area (Å²) in [6.07, 6.45) is 2.01. The van der Waals surface area contributed by atoms with E-state index in [-0.39, 0.29) is 0 Å². The zero-order valence-corrected chi connectivity index (χ0v) is 25.3. The number of para-hydroxylation sites is 1. The molecule has 0 aliphatic rings. The van der Waals surface area contributed by atoms with Gasteiger partial charge < -0.3 is 4.57 Å². The minimum absolute atomic E-state index is 0.789. The Kier molecular flexibility index (Phi) is 6.24. The third kappa shape index (κ3) is 4.46. The number of hydrogen-bond donors (Lipinski definition) is 0. The zero-order valence-electron chi connectivity index (χ0n) is 25.3. The second-order valence-electron chi connectivity index (χ2n) is 12.0. The van der Waals surface area contributed by atoms with Gasteiger partial charge in [-0.1, -0.05) is 133 Å². The Labute approximate surface area is 267 Å². The highest BCUT2D eigenvalue weighted by Crippen LogP contribution is 2.37. The molecular formula is C44H30N2. The lowest BCUT2D eigenvalue weighted by atomic mass is 9.93. The van der Waals surface area contributed by atoms with Crippen molar-refractivity contribution in [1.29, 1.82) is 0 Å². The molecular weight excluding hydrogens is 556 g/mol. The Balaban J connectivity index is 1.06. The van der Waals surface area contributed by atoms with E-state index in [2.05, 4.69) is 168 Å². The molecule has 46 heavy (non-hydrogen) atoms. The van der Waals surface area contributed by atoms with Gasteiger partial charge in [0.2, 0.25) is 0 Å². The number of benzene rings is 7. The summed E-state index contributed by atoms with van der Waals surface area (Å²) in [4.78, 5) is 4.97. The van der Waals surface area contributed by atoms with Gasteiger partial charge in [0.15, 0.2) is 0 Å². The van der Waals surface area contributed by atoms with Crippen LogP contribution in [-0.4, -0.2) is 9.55 Å². The van der Waals surface area contributed by atoms with Gasteiger partial charge in [-0.05, 0) is 79.3 Å². The molecule has 0 saturated carbocycles. The molecule has 0 fully saturated rings. The van der Waals surface area contributed by atoms with Crippen LogP contribution in [0.3, 0.4) is 0 Å². The third-order valence-electron chi connectivity index (χ3n) is 9.28. The normalized spacial score (nSPS) is 11.6. The van der Waals surface area contributed by atoms with Crippen LogP contribution in [0.5, 0.6) is 0 Å². The number of pyridine rings is 1. The quantitative estimate of drug-likeness (QED) is 0.183. The highest BCUT2D eigenvalue weighted by atomic mass is 15.0. The Morgan fingerprint density at radius 1 is 0.413 bits per heavy atom. The summed E-state index contributed by atoms with van der Waals surface area (Å²) in [6, 6.07) is 59.0. The Hall–Kier alpha value is -5.99. The van der Waals surface area contributed by atoms with Crippen LogP contribution in [0, 0.1) is 0 Å². The first-order valence-corrected chi connectivity index (χ1v) is 15.8. The molecule has 2 heterocycles. The van der Waals surface area contributed by atoms with Crippen LogP contribution in [0.4, 0.5) is 0 Å². The van der Waals surface area contributed by atoms with Crippen molar-refractivity contribution in [2.75, 3.05) is 0 Å². The lowest BCUT2D eigenvalue weighted by Gasteiger charge is -2.13. The number of rotatable bonds is 5. The van der Waals surface area contributed by atoms with E-state index >= 15 is 0 Å². The molecule has 9 rings (SSSR count). The number of hydrogen-bond acceptors (Lipinski definition) is 1. The van der Waals surface area contributed by atoms with Crippen molar-refractivity contribution in [1.82, 2.24) is 9.55 Å². The van der Waals surface area contributed by atoms with Crippen molar-refractivity contribution in [3.05, 3.63) is 176 Å². The van der Waals surface area contributed by atoms with Gasteiger partial charge in [-0.25, -0.2) is 0 Å². The van der Waals surface area contributed by atoms with E-state index in [4.69, 9.17) is 4.98 Å². The molecule has 0 N–H and O–H groups in total. The highest BCUT2D eigenvalue weighted by molar-refractivity contribution is 6.25. The second kappa shape index (κ2) is 10.9. The van der Waals surface area contributed by atoms with E-state index in [1.54, 1.807) is 0 Å². The van der Waals surface area contributed by atoms with Gasteiger partial charge in [0.25, 0.3) is 0 Å². The summed E-state index contributed by atoms with van der Waals surface area (Å²) < 4.78 is 2.43. The largest absolute Gasteiger partial charge is 0.336 e. The number of fused-ring (bicyclic) bond motifs is 7. The van der Waals surface area contributed by atoms with E-state index in [9.17, 15) is 0 Å². The Morgan fingerprint density at radius 2 is 1.04 bits per heavy atom. The molecule has 7 aromatic carbocycles. The van der Waals surface area contributed by atoms with Gasteiger partial charge in [0, 0.05) is 40.5 Å². The van der Waals surface area contributed by atoms with Crippen LogP contribution >= 0.6 is 0 Å². The molecule has 2 aromatic heterocycles. The molecule has 0 unspecified atom stereocenters. The molecule has 2 heteroatoms. The predicted molar refractivity (Wildman–Crippen MR) is 194 cm³/mol. The number of nitrogens with zero attached hydrogens (tertiary/aromatic N) is 2. The maximum absolute atomic E-state index is 4.97. The van der Waals surface area contributed by atoms with Crippen LogP contribution < -0.4 is 0 Å². The minimum atomic E-state index is 0.789. The lowest BCUT2D eigenvalue weighted by molar-refractivity contribution is 0.845. The van der Waals surface area contributed by atoms with E-state index in [1.165, 1.54) is 65.6 Å². The van der Waals surface area contributed by atoms with Crippen LogP contribution in [0.1, 0.15) is 5.56 Å². The molecule has 2 nitrogen and oxygen atoms in total. The smallest absolute Gasteiger partial charge is 0.0702 e. The summed E-state index contributed by atoms with van der Waals surface area (Å²) >= 11 is 0. The summed E-state index contributed by atoms with van der Waals surface area (Å²) in [5, 5.41) is 8.94. The van der Waals surface area contributed by atoms with Gasteiger partial charge in [-0.15, -0.1) is 0 Å². The lowest BCUT2D eigenvalue weighted by Crippen LogP contribution is -2.02. The first-order valence-electron chi connectivity index (χ1n) is 15.8. The molecule has 0 saturated heterocycles. The first kappa shape index (κ1) is 26.4. The van der Waals surface area contributed by atoms with Gasteiger partial charge >= 0.3 is 0 Å². The summed E-state index contributed by atoms with van der Waals surface area (Å²) in [5.41, 5.74) is 9.35. The van der Waals surface area contributed by atoms with E-state index in [0.717, 1.165) is 23.4 Å². The van der Waals surface area contributed by atoms with E-state index in [1.807, 2.05) is 6.20 Å². The molecule has 9 aromatic rings. The van der Waals surface area contributed by atoms with Crippen molar-refractivity contribution >= 4 is 43.2 Å². The zero-order chi connectivity index (χ0) is 30.5. The van der Waals surface area contributed by atoms with Crippen LogP contribution in [-0.2, 0) is 6.54 Å². The Morgan fingerprint density at radius 3 is 1.78 bits per heavy atom. The highest BCUT2D eigenvalue weighted by Gasteiger charge is 2.13. The van der Waals surface area contributed by atoms with Crippen molar-refractivity contribution < 1.29 is 0 Å². The Bertz CT molecular complexity index is 2500. The maximum atomic E-state index is 4.97. The molecule has 0 aliphatic carbocycles. The van der Waals surface area contributed by atoms with Gasteiger partial charge in [-0.3, -0.25) is 4.98 Å². The average Bonchev–Trinajstić information content (AvgIpc) is 3.50. The monoisotopic (exact) mass is 586 g/mol. The molecule has 0 radical (unpaired) electrons. The van der Waals surface area contributed by atoms with E-state index in [0.29, 0.717) is 0 Å². The predicted octanol–water partition coefficient (Wildman–Crippen LogP) is 11.5. The maximum Gasteiger partial charge on any atom is 0.0702 e. The molecule has 216 valence electrons. The molecule has 0 spiro atoms. The fraction of sp³-hybridized carbons (Fsp3) is 0.0227. The minimum Gasteiger partial charge on any atom is -0.336 e. The van der Waals surface area contributed by atoms with Crippen molar-refractivity contribution in [3.8, 4) is 33.6 Å². The second-order valence-corrected chi connectivity index (χ2v) is 12.0.